The number of nitro groups is 1. The van der Waals surface area contributed by atoms with Gasteiger partial charge in [-0.15, -0.1) is 0 Å². The van der Waals surface area contributed by atoms with Crippen LogP contribution in [-0.4, -0.2) is 36.0 Å². The lowest BCUT2D eigenvalue weighted by Gasteiger charge is -2.17. The normalized spacial score (nSPS) is 11.8. The number of aliphatic carboxylic acids is 1. The number of benzene rings is 1. The summed E-state index contributed by atoms with van der Waals surface area (Å²) in [7, 11) is 0. The molecule has 0 aliphatic heterocycles. The summed E-state index contributed by atoms with van der Waals surface area (Å²) in [6.07, 6.45) is 0.459. The average molecular weight is 367 g/mol. The number of quaternary nitrogens is 1. The van der Waals surface area contributed by atoms with Gasteiger partial charge in [-0.2, -0.15) is 0 Å². The fourth-order valence-electron chi connectivity index (χ4n) is 2.32. The predicted molar refractivity (Wildman–Crippen MR) is 92.6 cm³/mol. The van der Waals surface area contributed by atoms with E-state index in [0.717, 1.165) is 6.42 Å². The van der Waals surface area contributed by atoms with Gasteiger partial charge in [0.15, 0.2) is 0 Å². The van der Waals surface area contributed by atoms with Crippen molar-refractivity contribution in [1.82, 2.24) is 0 Å². The highest BCUT2D eigenvalue weighted by Gasteiger charge is 2.22. The molecule has 9 heteroatoms. The zero-order chi connectivity index (χ0) is 19.7. The summed E-state index contributed by atoms with van der Waals surface area (Å²) < 4.78 is 5.21. The molecule has 0 aliphatic rings. The number of amides is 1. The van der Waals surface area contributed by atoms with E-state index in [1.54, 1.807) is 12.2 Å². The number of carbonyl (C=O) groups excluding carboxylic acids is 2. The quantitative estimate of drug-likeness (QED) is 0.419. The molecule has 1 atom stereocenters. The number of nitrogens with zero attached hydrogens (tertiary/aromatic N) is 1. The van der Waals surface area contributed by atoms with Gasteiger partial charge in [-0.05, 0) is 31.4 Å². The Morgan fingerprint density at radius 1 is 1.35 bits per heavy atom. The minimum atomic E-state index is -1.34. The van der Waals surface area contributed by atoms with Crippen molar-refractivity contribution in [3.8, 4) is 5.75 Å². The molecule has 0 saturated heterocycles. The molecular formula is C17H25N3O6. The molecular weight excluding hydrogens is 342 g/mol. The molecule has 1 aromatic carbocycles. The molecule has 0 spiro atoms. The third kappa shape index (κ3) is 7.06. The Bertz CT molecular complexity index is 647. The topological polar surface area (TPSA) is 138 Å². The molecule has 1 aromatic rings. The van der Waals surface area contributed by atoms with Crippen molar-refractivity contribution in [2.75, 3.05) is 18.5 Å². The lowest BCUT2D eigenvalue weighted by Crippen LogP contribution is -2.93. The summed E-state index contributed by atoms with van der Waals surface area (Å²) >= 11 is 0. The van der Waals surface area contributed by atoms with Gasteiger partial charge in [-0.25, -0.2) is 0 Å². The predicted octanol–water partition coefficient (Wildman–Crippen LogP) is 0.0501. The summed E-state index contributed by atoms with van der Waals surface area (Å²) in [6, 6.07) is 3.02. The molecule has 0 aliphatic carbocycles. The number of hydrogen-bond acceptors (Lipinski definition) is 6. The van der Waals surface area contributed by atoms with Crippen LogP contribution in [-0.2, 0) is 9.59 Å². The highest BCUT2D eigenvalue weighted by atomic mass is 16.6. The summed E-state index contributed by atoms with van der Waals surface area (Å²) in [4.78, 5) is 33.9. The molecule has 0 radical (unpaired) electrons. The fraction of sp³-hybridized carbons (Fsp3) is 0.529. The second-order valence-electron chi connectivity index (χ2n) is 6.25. The molecule has 1 amide bonds. The van der Waals surface area contributed by atoms with E-state index in [1.165, 1.54) is 18.2 Å². The van der Waals surface area contributed by atoms with Gasteiger partial charge in [0.1, 0.15) is 17.5 Å². The second kappa shape index (κ2) is 10.3. The first kappa shape index (κ1) is 21.4. The summed E-state index contributed by atoms with van der Waals surface area (Å²) in [5.41, 5.74) is -0.333. The van der Waals surface area contributed by atoms with Gasteiger partial charge in [0.2, 0.25) is 5.91 Å². The maximum atomic E-state index is 12.1. The van der Waals surface area contributed by atoms with Crippen molar-refractivity contribution >= 4 is 23.3 Å². The van der Waals surface area contributed by atoms with E-state index in [2.05, 4.69) is 5.32 Å². The van der Waals surface area contributed by atoms with E-state index in [0.29, 0.717) is 24.8 Å². The van der Waals surface area contributed by atoms with Gasteiger partial charge in [0.25, 0.3) is 5.69 Å². The first-order valence-electron chi connectivity index (χ1n) is 8.49. The van der Waals surface area contributed by atoms with E-state index < -0.39 is 22.8 Å². The van der Waals surface area contributed by atoms with Crippen LogP contribution in [0.2, 0.25) is 0 Å². The van der Waals surface area contributed by atoms with Crippen LogP contribution in [0.1, 0.15) is 33.6 Å². The standard InChI is InChI=1S/C17H25N3O6/c1-4-26-12-5-6-13(15(9-12)20(24)25)19-16(21)10-14(17(22)23)18-8-7-11(2)3/h5-6,9,11,14,18H,4,7-8,10H2,1-3H3,(H,19,21)(H,22,23)/t14-/m1/s1. The monoisotopic (exact) mass is 367 g/mol. The van der Waals surface area contributed by atoms with E-state index in [1.807, 2.05) is 13.8 Å². The van der Waals surface area contributed by atoms with Gasteiger partial charge in [0.05, 0.1) is 36.5 Å². The van der Waals surface area contributed by atoms with E-state index in [9.17, 15) is 24.8 Å². The molecule has 0 fully saturated rings. The maximum Gasteiger partial charge on any atom is 0.296 e. The first-order valence-corrected chi connectivity index (χ1v) is 8.49. The minimum Gasteiger partial charge on any atom is -0.544 e. The molecule has 0 heterocycles. The number of anilines is 1. The smallest absolute Gasteiger partial charge is 0.296 e. The van der Waals surface area contributed by atoms with Crippen molar-refractivity contribution in [2.24, 2.45) is 5.92 Å². The van der Waals surface area contributed by atoms with Crippen LogP contribution < -0.4 is 20.5 Å². The summed E-state index contributed by atoms with van der Waals surface area (Å²) in [6.45, 7) is 6.67. The highest BCUT2D eigenvalue weighted by molar-refractivity contribution is 5.95. The number of carboxylic acids is 1. The molecule has 0 aromatic heterocycles. The number of carboxylic acid groups (broad SMARTS) is 1. The summed E-state index contributed by atoms with van der Waals surface area (Å²) in [5.74, 6) is -1.25. The molecule has 9 nitrogen and oxygen atoms in total. The number of nitrogens with two attached hydrogens (primary N) is 1. The number of rotatable bonds is 11. The van der Waals surface area contributed by atoms with Crippen molar-refractivity contribution in [3.63, 3.8) is 0 Å². The van der Waals surface area contributed by atoms with Crippen molar-refractivity contribution in [2.45, 2.75) is 39.7 Å². The lowest BCUT2D eigenvalue weighted by molar-refractivity contribution is -0.683. The average Bonchev–Trinajstić information content (AvgIpc) is 2.54. The van der Waals surface area contributed by atoms with Crippen LogP contribution in [0.3, 0.4) is 0 Å². The number of nitrogens with one attached hydrogen (secondary N) is 1. The van der Waals surface area contributed by atoms with Gasteiger partial charge in [-0.1, -0.05) is 13.8 Å². The third-order valence-corrected chi connectivity index (χ3v) is 3.65. The van der Waals surface area contributed by atoms with E-state index in [-0.39, 0.29) is 17.8 Å². The van der Waals surface area contributed by atoms with Crippen molar-refractivity contribution in [3.05, 3.63) is 28.3 Å². The van der Waals surface area contributed by atoms with Crippen LogP contribution in [0, 0.1) is 16.0 Å². The van der Waals surface area contributed by atoms with E-state index in [4.69, 9.17) is 4.74 Å². The third-order valence-electron chi connectivity index (χ3n) is 3.65. The molecule has 0 bridgehead atoms. The van der Waals surface area contributed by atoms with Crippen molar-refractivity contribution < 1.29 is 29.7 Å². The molecule has 0 unspecified atom stereocenters. The van der Waals surface area contributed by atoms with Gasteiger partial charge >= 0.3 is 0 Å². The zero-order valence-corrected chi connectivity index (χ0v) is 15.2. The van der Waals surface area contributed by atoms with Gasteiger partial charge < -0.3 is 25.3 Å². The largest absolute Gasteiger partial charge is 0.544 e. The van der Waals surface area contributed by atoms with Gasteiger partial charge in [-0.3, -0.25) is 14.9 Å². The maximum absolute atomic E-state index is 12.1. The number of hydrogen-bond donors (Lipinski definition) is 2. The Kier molecular flexibility index (Phi) is 8.50. The van der Waals surface area contributed by atoms with Crippen LogP contribution in [0.15, 0.2) is 18.2 Å². The Morgan fingerprint density at radius 2 is 2.04 bits per heavy atom. The zero-order valence-electron chi connectivity index (χ0n) is 15.2. The molecule has 1 rings (SSSR count). The summed E-state index contributed by atoms with van der Waals surface area (Å²) in [5, 5.41) is 26.3. The Morgan fingerprint density at radius 3 is 2.58 bits per heavy atom. The van der Waals surface area contributed by atoms with Crippen LogP contribution in [0.5, 0.6) is 5.75 Å². The van der Waals surface area contributed by atoms with Crippen molar-refractivity contribution in [1.29, 1.82) is 0 Å². The van der Waals surface area contributed by atoms with Crippen LogP contribution >= 0.6 is 0 Å². The van der Waals surface area contributed by atoms with Crippen LogP contribution in [0.25, 0.3) is 0 Å². The Hall–Kier alpha value is -2.68. The Balaban J connectivity index is 2.78. The Labute approximate surface area is 151 Å². The SMILES string of the molecule is CCOc1ccc(NC(=O)C[C@@H]([NH2+]CCC(C)C)C(=O)[O-])c([N+](=O)[O-])c1. The number of carbonyl (C=O) groups is 2. The highest BCUT2D eigenvalue weighted by Crippen LogP contribution is 2.29. The molecule has 26 heavy (non-hydrogen) atoms. The van der Waals surface area contributed by atoms with Gasteiger partial charge in [0, 0.05) is 0 Å². The lowest BCUT2D eigenvalue weighted by atomic mass is 10.1. The fourth-order valence-corrected chi connectivity index (χ4v) is 2.32. The van der Waals surface area contributed by atoms with E-state index >= 15 is 0 Å². The second-order valence-corrected chi connectivity index (χ2v) is 6.25. The number of nitro benzene ring substituents is 1. The minimum absolute atomic E-state index is 0.0114. The molecule has 144 valence electrons. The molecule has 3 N–H and O–H groups in total. The molecule has 0 saturated carbocycles. The van der Waals surface area contributed by atoms with Crippen LogP contribution in [0.4, 0.5) is 11.4 Å². The first-order chi connectivity index (χ1) is 12.2. The number of ether oxygens (including phenoxy) is 1.